The smallest absolute Gasteiger partial charge is 0.228 e. The Labute approximate surface area is 202 Å². The minimum absolute atomic E-state index is 0.192. The zero-order chi connectivity index (χ0) is 23.2. The van der Waals surface area contributed by atoms with E-state index >= 15 is 0 Å². The van der Waals surface area contributed by atoms with E-state index < -0.39 is 9.96 Å². The van der Waals surface area contributed by atoms with E-state index in [1.54, 1.807) is 13.8 Å². The van der Waals surface area contributed by atoms with Crippen LogP contribution in [-0.4, -0.2) is 21.0 Å². The number of azo groups is 1. The molecule has 1 amide bonds. The van der Waals surface area contributed by atoms with Crippen LogP contribution in [0.2, 0.25) is 0 Å². The molecule has 166 valence electrons. The van der Waals surface area contributed by atoms with Gasteiger partial charge in [0, 0.05) is 11.6 Å². The lowest BCUT2D eigenvalue weighted by molar-refractivity contribution is -0.124. The van der Waals surface area contributed by atoms with Crippen molar-refractivity contribution in [3.63, 3.8) is 0 Å². The minimum Gasteiger partial charge on any atom is -0.339 e. The maximum absolute atomic E-state index is 12.0. The van der Waals surface area contributed by atoms with E-state index in [2.05, 4.69) is 26.2 Å². The van der Waals surface area contributed by atoms with Gasteiger partial charge < -0.3 is 16.0 Å². The molecule has 0 saturated carbocycles. The quantitative estimate of drug-likeness (QED) is 0.184. The summed E-state index contributed by atoms with van der Waals surface area (Å²) in [5, 5.41) is 17.3. The van der Waals surface area contributed by atoms with Crippen LogP contribution in [-0.2, 0) is 4.79 Å². The molecule has 1 unspecified atom stereocenters. The zero-order valence-corrected chi connectivity index (χ0v) is 20.6. The van der Waals surface area contributed by atoms with E-state index in [9.17, 15) is 4.79 Å². The van der Waals surface area contributed by atoms with Crippen LogP contribution in [0.15, 0.2) is 52.7 Å². The second kappa shape index (κ2) is 11.1. The Morgan fingerprint density at radius 3 is 2.26 bits per heavy atom. The predicted molar refractivity (Wildman–Crippen MR) is 133 cm³/mol. The first kappa shape index (κ1) is 25.3. The topological polar surface area (TPSA) is 77.9 Å². The number of nitrogens with zero attached hydrogens (tertiary/aromatic N) is 2. The number of hydrogen-bond acceptors (Lipinski definition) is 4. The molecule has 0 aliphatic heterocycles. The van der Waals surface area contributed by atoms with Gasteiger partial charge >= 0.3 is 0 Å². The Balaban J connectivity index is 2.07. The molecular weight excluding hydrogens is 477 g/mol. The largest absolute Gasteiger partial charge is 0.339 e. The summed E-state index contributed by atoms with van der Waals surface area (Å²) in [5.41, 5.74) is 4.20. The highest BCUT2D eigenvalue weighted by atomic mass is 35.6. The maximum Gasteiger partial charge on any atom is 0.228 e. The number of halogens is 3. The second-order valence-corrected chi connectivity index (χ2v) is 10.00. The Morgan fingerprint density at radius 2 is 1.68 bits per heavy atom. The molecule has 0 bridgehead atoms. The first-order chi connectivity index (χ1) is 14.5. The zero-order valence-electron chi connectivity index (χ0n) is 17.5. The van der Waals surface area contributed by atoms with Crippen LogP contribution in [0.3, 0.4) is 0 Å². The lowest BCUT2D eigenvalue weighted by Crippen LogP contribution is -2.56. The predicted octanol–water partition coefficient (Wildman–Crippen LogP) is 6.47. The van der Waals surface area contributed by atoms with Crippen LogP contribution in [0.25, 0.3) is 0 Å². The highest BCUT2D eigenvalue weighted by Gasteiger charge is 2.35. The van der Waals surface area contributed by atoms with Crippen molar-refractivity contribution in [1.82, 2.24) is 10.6 Å². The van der Waals surface area contributed by atoms with Crippen LogP contribution in [0.4, 0.5) is 17.1 Å². The summed E-state index contributed by atoms with van der Waals surface area (Å²) in [6, 6.07) is 13.3. The monoisotopic (exact) mass is 499 g/mol. The molecule has 1 atom stereocenters. The molecule has 0 fully saturated rings. The number of thiocarbonyl (C=S) groups is 1. The van der Waals surface area contributed by atoms with E-state index in [0.717, 1.165) is 22.5 Å². The first-order valence-corrected chi connectivity index (χ1v) is 11.0. The van der Waals surface area contributed by atoms with Gasteiger partial charge in [-0.05, 0) is 61.5 Å². The average molecular weight is 501 g/mol. The molecule has 6 nitrogen and oxygen atoms in total. The molecule has 10 heteroatoms. The lowest BCUT2D eigenvalue weighted by atomic mass is 10.2. The number of amides is 1. The highest BCUT2D eigenvalue weighted by Crippen LogP contribution is 2.30. The number of carbonyl (C=O) groups is 1. The van der Waals surface area contributed by atoms with Gasteiger partial charge in [0.1, 0.15) is 6.17 Å². The van der Waals surface area contributed by atoms with Crippen LogP contribution < -0.4 is 16.0 Å². The van der Waals surface area contributed by atoms with Crippen LogP contribution >= 0.6 is 47.0 Å². The molecule has 0 aliphatic rings. The maximum atomic E-state index is 12.0. The van der Waals surface area contributed by atoms with Crippen molar-refractivity contribution >= 4 is 75.1 Å². The number of aryl methyl sites for hydroxylation is 2. The number of nitrogens with one attached hydrogen (secondary N) is 3. The van der Waals surface area contributed by atoms with E-state index in [1.165, 1.54) is 0 Å². The summed E-state index contributed by atoms with van der Waals surface area (Å²) in [5.74, 6) is -0.548. The normalized spacial score (nSPS) is 12.6. The molecule has 2 rings (SSSR count). The summed E-state index contributed by atoms with van der Waals surface area (Å²) in [6.07, 6.45) is -1.00. The van der Waals surface area contributed by atoms with Crippen molar-refractivity contribution in [3.05, 3.63) is 53.6 Å². The first-order valence-electron chi connectivity index (χ1n) is 9.50. The summed E-state index contributed by atoms with van der Waals surface area (Å²) >= 11 is 23.3. The van der Waals surface area contributed by atoms with E-state index in [-0.39, 0.29) is 16.9 Å². The fraction of sp³-hybridized carbons (Fsp3) is 0.333. The highest BCUT2D eigenvalue weighted by molar-refractivity contribution is 7.80. The van der Waals surface area contributed by atoms with E-state index in [0.29, 0.717) is 5.69 Å². The standard InChI is InChI=1S/C21H24Cl3N5OS/c1-12(2)18(30)26-19(21(22,23)24)27-20(31)25-16-10-9-15(11-14(16)4)28-29-17-8-6-5-7-13(17)3/h5-12,19H,1-4H3,(H,26,30)(H2,25,27,31). The van der Waals surface area contributed by atoms with Crippen LogP contribution in [0.5, 0.6) is 0 Å². The number of carbonyl (C=O) groups excluding carboxylic acids is 1. The minimum atomic E-state index is -1.80. The van der Waals surface area contributed by atoms with Crippen LogP contribution in [0.1, 0.15) is 25.0 Å². The van der Waals surface area contributed by atoms with Gasteiger partial charge in [0.2, 0.25) is 9.70 Å². The molecule has 0 aromatic heterocycles. The lowest BCUT2D eigenvalue weighted by Gasteiger charge is -2.28. The molecule has 0 saturated heterocycles. The van der Waals surface area contributed by atoms with Crippen molar-refractivity contribution in [2.24, 2.45) is 16.1 Å². The Bertz CT molecular complexity index is 976. The van der Waals surface area contributed by atoms with Gasteiger partial charge in [0.15, 0.2) is 5.11 Å². The Morgan fingerprint density at radius 1 is 1.00 bits per heavy atom. The van der Waals surface area contributed by atoms with Crippen molar-refractivity contribution in [2.75, 3.05) is 5.32 Å². The molecule has 0 spiro atoms. The van der Waals surface area contributed by atoms with Gasteiger partial charge in [-0.15, -0.1) is 0 Å². The summed E-state index contributed by atoms with van der Waals surface area (Å²) in [7, 11) is 0. The molecule has 2 aromatic rings. The molecule has 0 aliphatic carbocycles. The van der Waals surface area contributed by atoms with Gasteiger partial charge in [0.05, 0.1) is 11.4 Å². The third-order valence-corrected chi connectivity index (χ3v) is 5.14. The third-order valence-electron chi connectivity index (χ3n) is 4.26. The van der Waals surface area contributed by atoms with Gasteiger partial charge in [-0.2, -0.15) is 10.2 Å². The van der Waals surface area contributed by atoms with E-state index in [4.69, 9.17) is 47.0 Å². The fourth-order valence-corrected chi connectivity index (χ4v) is 2.99. The fourth-order valence-electron chi connectivity index (χ4n) is 2.44. The number of anilines is 1. The number of hydrogen-bond donors (Lipinski definition) is 3. The van der Waals surface area contributed by atoms with Crippen LogP contribution in [0, 0.1) is 19.8 Å². The van der Waals surface area contributed by atoms with Crippen molar-refractivity contribution in [1.29, 1.82) is 0 Å². The van der Waals surface area contributed by atoms with Crippen molar-refractivity contribution in [3.8, 4) is 0 Å². The molecular formula is C21H24Cl3N5OS. The molecule has 31 heavy (non-hydrogen) atoms. The summed E-state index contributed by atoms with van der Waals surface area (Å²) < 4.78 is -1.80. The molecule has 0 heterocycles. The van der Waals surface area contributed by atoms with Crippen molar-refractivity contribution in [2.45, 2.75) is 37.7 Å². The molecule has 3 N–H and O–H groups in total. The summed E-state index contributed by atoms with van der Waals surface area (Å²) in [6.45, 7) is 7.37. The van der Waals surface area contributed by atoms with Gasteiger partial charge in [0.25, 0.3) is 0 Å². The Hall–Kier alpha value is -1.93. The molecule has 2 aromatic carbocycles. The SMILES string of the molecule is Cc1ccccc1N=Nc1ccc(NC(=S)NC(NC(=O)C(C)C)C(Cl)(Cl)Cl)c(C)c1. The second-order valence-electron chi connectivity index (χ2n) is 7.22. The summed E-state index contributed by atoms with van der Waals surface area (Å²) in [4.78, 5) is 12.0. The Kier molecular flexibility index (Phi) is 9.06. The molecule has 0 radical (unpaired) electrons. The number of benzene rings is 2. The number of alkyl halides is 3. The average Bonchev–Trinajstić information content (AvgIpc) is 2.68. The third kappa shape index (κ3) is 7.92. The number of rotatable bonds is 6. The van der Waals surface area contributed by atoms with E-state index in [1.807, 2.05) is 56.3 Å². The van der Waals surface area contributed by atoms with Gasteiger partial charge in [-0.25, -0.2) is 0 Å². The van der Waals surface area contributed by atoms with Gasteiger partial charge in [-0.3, -0.25) is 4.79 Å². The van der Waals surface area contributed by atoms with Gasteiger partial charge in [-0.1, -0.05) is 66.8 Å². The van der Waals surface area contributed by atoms with Crippen molar-refractivity contribution < 1.29 is 4.79 Å².